The van der Waals surface area contributed by atoms with Crippen molar-refractivity contribution < 1.29 is 33.4 Å². The summed E-state index contributed by atoms with van der Waals surface area (Å²) in [4.78, 5) is 52.2. The monoisotopic (exact) mass is 533 g/mol. The van der Waals surface area contributed by atoms with Crippen molar-refractivity contribution in [3.63, 3.8) is 0 Å². The van der Waals surface area contributed by atoms with E-state index in [1.54, 1.807) is 41.5 Å². The van der Waals surface area contributed by atoms with Crippen LogP contribution < -0.4 is 10.6 Å². The lowest BCUT2D eigenvalue weighted by atomic mass is 10.1. The molecule has 1 saturated heterocycles. The number of carbonyl (C=O) groups excluding carboxylic acids is 4. The number of benzene rings is 1. The van der Waals surface area contributed by atoms with Crippen molar-refractivity contribution in [1.82, 2.24) is 15.5 Å². The fourth-order valence-corrected chi connectivity index (χ4v) is 3.99. The summed E-state index contributed by atoms with van der Waals surface area (Å²) in [6.07, 6.45) is 1.37. The zero-order chi connectivity index (χ0) is 28.3. The molecule has 1 aromatic carbocycles. The molecule has 0 radical (unpaired) electrons. The summed E-state index contributed by atoms with van der Waals surface area (Å²) in [7, 11) is 0. The van der Waals surface area contributed by atoms with Crippen molar-refractivity contribution >= 4 is 24.1 Å². The van der Waals surface area contributed by atoms with Gasteiger partial charge in [-0.25, -0.2) is 14.4 Å². The van der Waals surface area contributed by atoms with E-state index >= 15 is 0 Å². The number of esters is 1. The highest BCUT2D eigenvalue weighted by atomic mass is 16.6. The Morgan fingerprint density at radius 3 is 2.24 bits per heavy atom. The molecule has 38 heavy (non-hydrogen) atoms. The summed E-state index contributed by atoms with van der Waals surface area (Å²) in [6.45, 7) is 11.5. The average Bonchev–Trinajstić information content (AvgIpc) is 3.30. The third kappa shape index (κ3) is 11.4. The van der Waals surface area contributed by atoms with E-state index in [-0.39, 0.29) is 12.5 Å². The summed E-state index contributed by atoms with van der Waals surface area (Å²) in [5, 5.41) is 5.38. The molecule has 0 aliphatic carbocycles. The Hall–Kier alpha value is -3.30. The molecule has 1 fully saturated rings. The molecule has 3 amide bonds. The maximum atomic E-state index is 13.5. The number of unbranched alkanes of at least 4 members (excludes halogenated alkanes) is 1. The van der Waals surface area contributed by atoms with Gasteiger partial charge in [-0.05, 0) is 79.2 Å². The summed E-state index contributed by atoms with van der Waals surface area (Å²) < 4.78 is 16.1. The Balaban J connectivity index is 1.92. The average molecular weight is 534 g/mol. The van der Waals surface area contributed by atoms with E-state index in [9.17, 15) is 19.2 Å². The van der Waals surface area contributed by atoms with Crippen LogP contribution in [0.4, 0.5) is 9.59 Å². The van der Waals surface area contributed by atoms with Crippen molar-refractivity contribution in [3.05, 3.63) is 35.9 Å². The van der Waals surface area contributed by atoms with Gasteiger partial charge in [0.1, 0.15) is 29.9 Å². The highest BCUT2D eigenvalue weighted by Crippen LogP contribution is 2.23. The van der Waals surface area contributed by atoms with Crippen LogP contribution in [-0.4, -0.2) is 65.3 Å². The first-order valence-corrected chi connectivity index (χ1v) is 13.2. The first kappa shape index (κ1) is 30.9. The minimum Gasteiger partial charge on any atom is -0.458 e. The van der Waals surface area contributed by atoms with Crippen LogP contribution in [0.3, 0.4) is 0 Å². The van der Waals surface area contributed by atoms with Gasteiger partial charge in [-0.2, -0.15) is 0 Å². The third-order valence-electron chi connectivity index (χ3n) is 5.61. The largest absolute Gasteiger partial charge is 0.458 e. The molecular formula is C28H43N3O7. The molecule has 1 aliphatic heterocycles. The number of nitrogens with zero attached hydrogens (tertiary/aromatic N) is 1. The standard InChI is InChI=1S/C28H43N3O7/c1-27(2,3)37-24(33)22-16-12-18-31(22)23(32)21(30-26(35)38-28(4,5)6)15-10-11-17-29-25(34)36-19-20-13-8-7-9-14-20/h7-9,13-14,21-22H,10-12,15-19H2,1-6H3,(H,29,34)(H,30,35). The van der Waals surface area contributed by atoms with Crippen LogP contribution in [0.1, 0.15) is 79.2 Å². The minimum absolute atomic E-state index is 0.178. The predicted octanol–water partition coefficient (Wildman–Crippen LogP) is 4.31. The Kier molecular flexibility index (Phi) is 11.4. The van der Waals surface area contributed by atoms with E-state index in [0.717, 1.165) is 5.56 Å². The topological polar surface area (TPSA) is 123 Å². The zero-order valence-electron chi connectivity index (χ0n) is 23.5. The van der Waals surface area contributed by atoms with E-state index in [2.05, 4.69) is 10.6 Å². The van der Waals surface area contributed by atoms with Gasteiger partial charge in [-0.3, -0.25) is 4.79 Å². The molecule has 2 unspecified atom stereocenters. The Morgan fingerprint density at radius 1 is 0.947 bits per heavy atom. The third-order valence-corrected chi connectivity index (χ3v) is 5.61. The molecule has 1 aromatic rings. The number of carbonyl (C=O) groups is 4. The molecule has 2 atom stereocenters. The first-order chi connectivity index (χ1) is 17.7. The van der Waals surface area contributed by atoms with Gasteiger partial charge in [0.15, 0.2) is 0 Å². The number of amides is 3. The molecule has 2 N–H and O–H groups in total. The fourth-order valence-electron chi connectivity index (χ4n) is 3.99. The van der Waals surface area contributed by atoms with Gasteiger partial charge in [0.25, 0.3) is 0 Å². The van der Waals surface area contributed by atoms with E-state index in [1.165, 1.54) is 4.90 Å². The second-order valence-electron chi connectivity index (χ2n) is 11.4. The Bertz CT molecular complexity index is 938. The number of ether oxygens (including phenoxy) is 3. The zero-order valence-corrected chi connectivity index (χ0v) is 23.5. The maximum Gasteiger partial charge on any atom is 0.408 e. The fraction of sp³-hybridized carbons (Fsp3) is 0.643. The first-order valence-electron chi connectivity index (χ1n) is 13.2. The van der Waals surface area contributed by atoms with Gasteiger partial charge < -0.3 is 29.7 Å². The van der Waals surface area contributed by atoms with Crippen LogP contribution in [0.15, 0.2) is 30.3 Å². The van der Waals surface area contributed by atoms with Gasteiger partial charge in [0.2, 0.25) is 5.91 Å². The van der Waals surface area contributed by atoms with Gasteiger partial charge in [-0.15, -0.1) is 0 Å². The van der Waals surface area contributed by atoms with E-state index in [1.807, 2.05) is 30.3 Å². The highest BCUT2D eigenvalue weighted by molar-refractivity contribution is 5.90. The molecule has 0 bridgehead atoms. The van der Waals surface area contributed by atoms with Crippen LogP contribution in [0.2, 0.25) is 0 Å². The molecular weight excluding hydrogens is 490 g/mol. The van der Waals surface area contributed by atoms with Crippen molar-refractivity contribution in [1.29, 1.82) is 0 Å². The molecule has 1 aliphatic rings. The molecule has 10 heteroatoms. The van der Waals surface area contributed by atoms with E-state index in [0.29, 0.717) is 45.2 Å². The Morgan fingerprint density at radius 2 is 1.61 bits per heavy atom. The molecule has 10 nitrogen and oxygen atoms in total. The summed E-state index contributed by atoms with van der Waals surface area (Å²) >= 11 is 0. The van der Waals surface area contributed by atoms with Crippen molar-refractivity contribution in [2.24, 2.45) is 0 Å². The maximum absolute atomic E-state index is 13.5. The van der Waals surface area contributed by atoms with Crippen LogP contribution in [0.25, 0.3) is 0 Å². The molecule has 0 aromatic heterocycles. The lowest BCUT2D eigenvalue weighted by Crippen LogP contribution is -2.53. The van der Waals surface area contributed by atoms with Gasteiger partial charge in [-0.1, -0.05) is 30.3 Å². The smallest absolute Gasteiger partial charge is 0.408 e. The van der Waals surface area contributed by atoms with Crippen molar-refractivity contribution in [2.45, 2.75) is 104 Å². The molecule has 0 saturated carbocycles. The number of likely N-dealkylation sites (tertiary alicyclic amines) is 1. The van der Waals surface area contributed by atoms with Crippen LogP contribution in [0, 0.1) is 0 Å². The summed E-state index contributed by atoms with van der Waals surface area (Å²) in [6, 6.07) is 7.81. The number of hydrogen-bond donors (Lipinski definition) is 2. The van der Waals surface area contributed by atoms with Crippen molar-refractivity contribution in [3.8, 4) is 0 Å². The van der Waals surface area contributed by atoms with Gasteiger partial charge in [0.05, 0.1) is 0 Å². The lowest BCUT2D eigenvalue weighted by Gasteiger charge is -2.30. The predicted molar refractivity (Wildman–Crippen MR) is 142 cm³/mol. The molecule has 2 rings (SSSR count). The van der Waals surface area contributed by atoms with Crippen LogP contribution in [-0.2, 0) is 30.4 Å². The molecule has 1 heterocycles. The normalized spacial score (nSPS) is 16.4. The number of rotatable bonds is 10. The van der Waals surface area contributed by atoms with Crippen molar-refractivity contribution in [2.75, 3.05) is 13.1 Å². The van der Waals surface area contributed by atoms with Crippen LogP contribution >= 0.6 is 0 Å². The Labute approximate surface area is 225 Å². The number of hydrogen-bond acceptors (Lipinski definition) is 7. The van der Waals surface area contributed by atoms with E-state index in [4.69, 9.17) is 14.2 Å². The summed E-state index contributed by atoms with van der Waals surface area (Å²) in [5.41, 5.74) is -0.504. The highest BCUT2D eigenvalue weighted by Gasteiger charge is 2.39. The second kappa shape index (κ2) is 14.0. The van der Waals surface area contributed by atoms with Gasteiger partial charge >= 0.3 is 18.2 Å². The molecule has 0 spiro atoms. The quantitative estimate of drug-likeness (QED) is 0.261. The lowest BCUT2D eigenvalue weighted by molar-refractivity contribution is -0.163. The molecule has 212 valence electrons. The number of alkyl carbamates (subject to hydrolysis) is 2. The van der Waals surface area contributed by atoms with Gasteiger partial charge in [0, 0.05) is 13.1 Å². The van der Waals surface area contributed by atoms with E-state index < -0.39 is 41.4 Å². The number of nitrogens with one attached hydrogen (secondary N) is 2. The van der Waals surface area contributed by atoms with Crippen LogP contribution in [0.5, 0.6) is 0 Å². The minimum atomic E-state index is -0.877. The summed E-state index contributed by atoms with van der Waals surface area (Å²) in [5.74, 6) is -0.794. The SMILES string of the molecule is CC(C)(C)OC(=O)NC(CCCCNC(=O)OCc1ccccc1)C(=O)N1CCCC1C(=O)OC(C)(C)C. The second-order valence-corrected chi connectivity index (χ2v) is 11.4.